The van der Waals surface area contributed by atoms with Gasteiger partial charge in [-0.05, 0) is 24.5 Å². The molecule has 0 saturated carbocycles. The van der Waals surface area contributed by atoms with Gasteiger partial charge in [-0.1, -0.05) is 29.8 Å². The quantitative estimate of drug-likeness (QED) is 0.821. The van der Waals surface area contributed by atoms with Gasteiger partial charge in [-0.25, -0.2) is 9.97 Å². The number of morpholine rings is 1. The molecule has 0 aliphatic carbocycles. The minimum Gasteiger partial charge on any atom is -0.379 e. The topological polar surface area (TPSA) is 53.5 Å². The van der Waals surface area contributed by atoms with Crippen LogP contribution in [0, 0.1) is 0 Å². The van der Waals surface area contributed by atoms with Crippen LogP contribution >= 0.6 is 11.6 Å². The van der Waals surface area contributed by atoms with Crippen molar-refractivity contribution in [3.8, 4) is 0 Å². The molecule has 2 saturated heterocycles. The number of ether oxygens (including phenoxy) is 1. The van der Waals surface area contributed by atoms with Crippen molar-refractivity contribution >= 4 is 23.2 Å². The van der Waals surface area contributed by atoms with Crippen molar-refractivity contribution in [2.75, 3.05) is 56.2 Å². The van der Waals surface area contributed by atoms with Crippen LogP contribution in [0.2, 0.25) is 5.02 Å². The Hall–Kier alpha value is -1.89. The highest BCUT2D eigenvalue weighted by Gasteiger charge is 2.24. The molecule has 1 aromatic carbocycles. The van der Waals surface area contributed by atoms with Crippen molar-refractivity contribution in [2.24, 2.45) is 0 Å². The molecule has 7 heteroatoms. The number of anilines is 2. The number of nitrogens with zero attached hydrogens (tertiary/aromatic N) is 4. The van der Waals surface area contributed by atoms with E-state index in [1.54, 1.807) is 6.33 Å². The SMILES string of the molecule is Clc1ccccc1C(CNc1cc(N2CCCC2)ncn1)N1CCOCC1. The van der Waals surface area contributed by atoms with Crippen molar-refractivity contribution in [2.45, 2.75) is 18.9 Å². The van der Waals surface area contributed by atoms with Crippen LogP contribution in [-0.2, 0) is 4.74 Å². The lowest BCUT2D eigenvalue weighted by Crippen LogP contribution is -2.41. The predicted octanol–water partition coefficient (Wildman–Crippen LogP) is 3.22. The Morgan fingerprint density at radius 2 is 1.85 bits per heavy atom. The Kier molecular flexibility index (Phi) is 6.07. The molecule has 27 heavy (non-hydrogen) atoms. The summed E-state index contributed by atoms with van der Waals surface area (Å²) in [4.78, 5) is 13.6. The van der Waals surface area contributed by atoms with E-state index in [0.717, 1.165) is 68.2 Å². The van der Waals surface area contributed by atoms with Crippen LogP contribution < -0.4 is 10.2 Å². The first-order valence-corrected chi connectivity index (χ1v) is 10.1. The summed E-state index contributed by atoms with van der Waals surface area (Å²) >= 11 is 6.51. The maximum absolute atomic E-state index is 6.51. The molecule has 1 N–H and O–H groups in total. The zero-order valence-electron chi connectivity index (χ0n) is 15.5. The third kappa shape index (κ3) is 4.51. The fourth-order valence-corrected chi connectivity index (χ4v) is 4.10. The summed E-state index contributed by atoms with van der Waals surface area (Å²) in [6.45, 7) is 6.21. The lowest BCUT2D eigenvalue weighted by atomic mass is 10.0. The first-order chi connectivity index (χ1) is 13.3. The van der Waals surface area contributed by atoms with Crippen molar-refractivity contribution in [3.05, 3.63) is 47.2 Å². The van der Waals surface area contributed by atoms with E-state index in [1.165, 1.54) is 12.8 Å². The molecule has 144 valence electrons. The number of halogens is 1. The van der Waals surface area contributed by atoms with E-state index in [0.29, 0.717) is 0 Å². The van der Waals surface area contributed by atoms with E-state index in [-0.39, 0.29) is 6.04 Å². The Balaban J connectivity index is 1.50. The molecule has 3 heterocycles. The van der Waals surface area contributed by atoms with E-state index in [2.05, 4.69) is 31.2 Å². The number of hydrogen-bond acceptors (Lipinski definition) is 6. The van der Waals surface area contributed by atoms with Gasteiger partial charge in [-0.3, -0.25) is 4.90 Å². The van der Waals surface area contributed by atoms with Crippen LogP contribution in [0.4, 0.5) is 11.6 Å². The fraction of sp³-hybridized carbons (Fsp3) is 0.500. The molecule has 1 aromatic heterocycles. The molecule has 0 radical (unpaired) electrons. The Morgan fingerprint density at radius 1 is 1.07 bits per heavy atom. The second kappa shape index (κ2) is 8.87. The molecule has 0 bridgehead atoms. The monoisotopic (exact) mass is 387 g/mol. The first-order valence-electron chi connectivity index (χ1n) is 9.68. The lowest BCUT2D eigenvalue weighted by Gasteiger charge is -2.35. The predicted molar refractivity (Wildman–Crippen MR) is 109 cm³/mol. The van der Waals surface area contributed by atoms with Crippen LogP contribution in [0.25, 0.3) is 0 Å². The fourth-order valence-electron chi connectivity index (χ4n) is 3.83. The van der Waals surface area contributed by atoms with Gasteiger partial charge in [-0.2, -0.15) is 0 Å². The third-order valence-corrected chi connectivity index (χ3v) is 5.65. The first kappa shape index (κ1) is 18.5. The molecule has 2 aliphatic heterocycles. The minimum atomic E-state index is 0.174. The number of hydrogen-bond donors (Lipinski definition) is 1. The van der Waals surface area contributed by atoms with Crippen LogP contribution in [-0.4, -0.2) is 60.8 Å². The van der Waals surface area contributed by atoms with Gasteiger partial charge in [0.1, 0.15) is 18.0 Å². The highest BCUT2D eigenvalue weighted by atomic mass is 35.5. The second-order valence-electron chi connectivity index (χ2n) is 7.02. The van der Waals surface area contributed by atoms with Crippen molar-refractivity contribution in [1.29, 1.82) is 0 Å². The van der Waals surface area contributed by atoms with Crippen LogP contribution in [0.5, 0.6) is 0 Å². The van der Waals surface area contributed by atoms with Gasteiger partial charge in [0.05, 0.1) is 19.3 Å². The molecule has 6 nitrogen and oxygen atoms in total. The maximum Gasteiger partial charge on any atom is 0.134 e. The highest BCUT2D eigenvalue weighted by molar-refractivity contribution is 6.31. The standard InChI is InChI=1S/C20H26ClN5O/c21-17-6-2-1-5-16(17)18(25-9-11-27-12-10-25)14-22-19-13-20(24-15-23-19)26-7-3-4-8-26/h1-2,5-6,13,15,18H,3-4,7-12,14H2,(H,22,23,24). The largest absolute Gasteiger partial charge is 0.379 e. The van der Waals surface area contributed by atoms with E-state index < -0.39 is 0 Å². The minimum absolute atomic E-state index is 0.174. The summed E-state index contributed by atoms with van der Waals surface area (Å²) < 4.78 is 5.53. The van der Waals surface area contributed by atoms with Crippen LogP contribution in [0.1, 0.15) is 24.4 Å². The number of rotatable bonds is 6. The molecule has 2 fully saturated rings. The zero-order chi connectivity index (χ0) is 18.5. The molecule has 0 amide bonds. The van der Waals surface area contributed by atoms with Gasteiger partial charge in [0.15, 0.2) is 0 Å². The molecule has 2 aliphatic rings. The summed E-state index contributed by atoms with van der Waals surface area (Å²) in [5, 5.41) is 4.31. The van der Waals surface area contributed by atoms with Gasteiger partial charge in [-0.15, -0.1) is 0 Å². The summed E-state index contributed by atoms with van der Waals surface area (Å²) in [5.74, 6) is 1.86. The lowest BCUT2D eigenvalue weighted by molar-refractivity contribution is 0.0187. The Labute approximate surface area is 165 Å². The van der Waals surface area contributed by atoms with Crippen LogP contribution in [0.15, 0.2) is 36.7 Å². The normalized spacial score (nSPS) is 19.2. The molecular weight excluding hydrogens is 362 g/mol. The van der Waals surface area contributed by atoms with Gasteiger partial charge in [0.2, 0.25) is 0 Å². The molecule has 0 spiro atoms. The Morgan fingerprint density at radius 3 is 2.63 bits per heavy atom. The Bertz CT molecular complexity index is 747. The molecular formula is C20H26ClN5O. The van der Waals surface area contributed by atoms with Crippen molar-refractivity contribution in [3.63, 3.8) is 0 Å². The van der Waals surface area contributed by atoms with Gasteiger partial charge in [0.25, 0.3) is 0 Å². The highest BCUT2D eigenvalue weighted by Crippen LogP contribution is 2.29. The average Bonchev–Trinajstić information content (AvgIpc) is 3.25. The van der Waals surface area contributed by atoms with Gasteiger partial charge in [0, 0.05) is 43.8 Å². The summed E-state index contributed by atoms with van der Waals surface area (Å²) in [6.07, 6.45) is 4.12. The summed E-state index contributed by atoms with van der Waals surface area (Å²) in [5.41, 5.74) is 1.14. The van der Waals surface area contributed by atoms with E-state index in [4.69, 9.17) is 16.3 Å². The number of aromatic nitrogens is 2. The van der Waals surface area contributed by atoms with Crippen LogP contribution in [0.3, 0.4) is 0 Å². The maximum atomic E-state index is 6.51. The third-order valence-electron chi connectivity index (χ3n) is 5.31. The average molecular weight is 388 g/mol. The van der Waals surface area contributed by atoms with E-state index >= 15 is 0 Å². The van der Waals surface area contributed by atoms with Crippen molar-refractivity contribution < 1.29 is 4.74 Å². The number of nitrogens with one attached hydrogen (secondary N) is 1. The zero-order valence-corrected chi connectivity index (χ0v) is 16.2. The molecule has 1 atom stereocenters. The molecule has 4 rings (SSSR count). The second-order valence-corrected chi connectivity index (χ2v) is 7.43. The smallest absolute Gasteiger partial charge is 0.134 e. The summed E-state index contributed by atoms with van der Waals surface area (Å²) in [6, 6.07) is 10.3. The van der Waals surface area contributed by atoms with E-state index in [1.807, 2.05) is 24.3 Å². The van der Waals surface area contributed by atoms with Gasteiger partial charge < -0.3 is 15.0 Å². The molecule has 2 aromatic rings. The van der Waals surface area contributed by atoms with E-state index in [9.17, 15) is 0 Å². The molecule has 1 unspecified atom stereocenters. The van der Waals surface area contributed by atoms with Crippen molar-refractivity contribution in [1.82, 2.24) is 14.9 Å². The number of benzene rings is 1. The summed E-state index contributed by atoms with van der Waals surface area (Å²) in [7, 11) is 0. The van der Waals surface area contributed by atoms with Gasteiger partial charge >= 0.3 is 0 Å².